The maximum Gasteiger partial charge on any atom is 0.327 e. The number of carboxylic acids is 1. The molecule has 1 aliphatic heterocycles. The van der Waals surface area contributed by atoms with E-state index in [2.05, 4.69) is 0 Å². The molecule has 25 heavy (non-hydrogen) atoms. The molecular formula is C18H21NO4S2. The standard InChI is InChI=1S/C18H21NO4S2/c1-4-11(3)15(17(21)22)19-16(20)14(25-18(19)24)10-12-6-8-13(9-7-12)23-5-2/h6-11,15H,4-5H2,1-3H3,(H,21,22)/b14-10-/t11-,15+/m1/s1. The number of carbonyl (C=O) groups excluding carboxylic acids is 1. The number of ether oxygens (including phenoxy) is 1. The molecular weight excluding hydrogens is 358 g/mol. The van der Waals surface area contributed by atoms with Crippen LogP contribution in [0.4, 0.5) is 0 Å². The Balaban J connectivity index is 2.26. The predicted octanol–water partition coefficient (Wildman–Crippen LogP) is 3.79. The molecule has 2 atom stereocenters. The van der Waals surface area contributed by atoms with Crippen molar-refractivity contribution < 1.29 is 19.4 Å². The van der Waals surface area contributed by atoms with E-state index in [1.807, 2.05) is 45.0 Å². The first-order valence-electron chi connectivity index (χ1n) is 8.11. The first-order valence-corrected chi connectivity index (χ1v) is 9.34. The second-order valence-corrected chi connectivity index (χ2v) is 7.40. The van der Waals surface area contributed by atoms with E-state index >= 15 is 0 Å². The van der Waals surface area contributed by atoms with Crippen LogP contribution in [0.25, 0.3) is 6.08 Å². The Morgan fingerprint density at radius 3 is 2.52 bits per heavy atom. The van der Waals surface area contributed by atoms with Gasteiger partial charge < -0.3 is 9.84 Å². The van der Waals surface area contributed by atoms with Crippen molar-refractivity contribution in [1.29, 1.82) is 0 Å². The van der Waals surface area contributed by atoms with E-state index in [1.165, 1.54) is 4.90 Å². The number of nitrogens with zero attached hydrogens (tertiary/aromatic N) is 1. The average Bonchev–Trinajstić information content (AvgIpc) is 2.84. The quantitative estimate of drug-likeness (QED) is 0.574. The molecule has 0 saturated carbocycles. The van der Waals surface area contributed by atoms with Crippen LogP contribution in [-0.4, -0.2) is 38.9 Å². The Bertz CT molecular complexity index is 700. The van der Waals surface area contributed by atoms with E-state index in [4.69, 9.17) is 17.0 Å². The van der Waals surface area contributed by atoms with E-state index in [0.717, 1.165) is 23.1 Å². The van der Waals surface area contributed by atoms with E-state index in [1.54, 1.807) is 6.08 Å². The van der Waals surface area contributed by atoms with Crippen LogP contribution in [0.15, 0.2) is 29.2 Å². The normalized spacial score (nSPS) is 18.5. The van der Waals surface area contributed by atoms with Crippen molar-refractivity contribution in [3.63, 3.8) is 0 Å². The Labute approximate surface area is 157 Å². The zero-order valence-corrected chi connectivity index (χ0v) is 16.0. The van der Waals surface area contributed by atoms with Crippen LogP contribution in [0.2, 0.25) is 0 Å². The minimum atomic E-state index is -1.03. The molecule has 2 rings (SSSR count). The van der Waals surface area contributed by atoms with Crippen LogP contribution in [0, 0.1) is 5.92 Å². The first-order chi connectivity index (χ1) is 11.9. The Hall–Kier alpha value is -1.86. The summed E-state index contributed by atoms with van der Waals surface area (Å²) >= 11 is 6.41. The lowest BCUT2D eigenvalue weighted by Gasteiger charge is -2.27. The fraction of sp³-hybridized carbons (Fsp3) is 0.389. The molecule has 1 heterocycles. The zero-order valence-electron chi connectivity index (χ0n) is 14.4. The summed E-state index contributed by atoms with van der Waals surface area (Å²) in [5.41, 5.74) is 0.833. The largest absolute Gasteiger partial charge is 0.494 e. The number of rotatable bonds is 7. The monoisotopic (exact) mass is 379 g/mol. The van der Waals surface area contributed by atoms with Crippen LogP contribution in [-0.2, 0) is 9.59 Å². The molecule has 7 heteroatoms. The highest BCUT2D eigenvalue weighted by Gasteiger charge is 2.42. The van der Waals surface area contributed by atoms with Crippen molar-refractivity contribution in [2.75, 3.05) is 6.61 Å². The second kappa shape index (κ2) is 8.49. The topological polar surface area (TPSA) is 66.8 Å². The maximum absolute atomic E-state index is 12.7. The third-order valence-electron chi connectivity index (χ3n) is 4.03. The molecule has 5 nitrogen and oxygen atoms in total. The Morgan fingerprint density at radius 2 is 2.00 bits per heavy atom. The van der Waals surface area contributed by atoms with Crippen molar-refractivity contribution >= 4 is 46.3 Å². The summed E-state index contributed by atoms with van der Waals surface area (Å²) in [6.45, 7) is 6.21. The number of benzene rings is 1. The molecule has 134 valence electrons. The molecule has 1 saturated heterocycles. The zero-order chi connectivity index (χ0) is 18.6. The van der Waals surface area contributed by atoms with E-state index in [9.17, 15) is 14.7 Å². The molecule has 0 bridgehead atoms. The van der Waals surface area contributed by atoms with Gasteiger partial charge in [-0.15, -0.1) is 0 Å². The molecule has 0 spiro atoms. The highest BCUT2D eigenvalue weighted by atomic mass is 32.2. The summed E-state index contributed by atoms with van der Waals surface area (Å²) in [5.74, 6) is -0.815. The highest BCUT2D eigenvalue weighted by Crippen LogP contribution is 2.36. The number of carboxylic acid groups (broad SMARTS) is 1. The second-order valence-electron chi connectivity index (χ2n) is 5.72. The van der Waals surface area contributed by atoms with Crippen LogP contribution in [0.3, 0.4) is 0 Å². The van der Waals surface area contributed by atoms with E-state index in [-0.39, 0.29) is 16.1 Å². The third-order valence-corrected chi connectivity index (χ3v) is 5.36. The lowest BCUT2D eigenvalue weighted by Crippen LogP contribution is -2.47. The van der Waals surface area contributed by atoms with E-state index < -0.39 is 12.0 Å². The molecule has 1 aromatic rings. The third kappa shape index (κ3) is 4.41. The number of amides is 1. The molecule has 1 aliphatic rings. The number of carbonyl (C=O) groups is 2. The molecule has 1 fully saturated rings. The number of hydrogen-bond donors (Lipinski definition) is 1. The smallest absolute Gasteiger partial charge is 0.327 e. The summed E-state index contributed by atoms with van der Waals surface area (Å²) in [4.78, 5) is 26.0. The SMILES string of the molecule is CCOc1ccc(/C=C2\SC(=S)N([C@H](C(=O)O)[C@H](C)CC)C2=O)cc1. The summed E-state index contributed by atoms with van der Waals surface area (Å²) in [6.07, 6.45) is 2.37. The molecule has 1 N–H and O–H groups in total. The van der Waals surface area contributed by atoms with Gasteiger partial charge in [0.15, 0.2) is 0 Å². The summed E-state index contributed by atoms with van der Waals surface area (Å²) < 4.78 is 5.68. The molecule has 0 aromatic heterocycles. The molecule has 0 aliphatic carbocycles. The molecule has 1 amide bonds. The van der Waals surface area contributed by atoms with Crippen molar-refractivity contribution in [1.82, 2.24) is 4.90 Å². The van der Waals surface area contributed by atoms with Gasteiger partial charge in [-0.3, -0.25) is 9.69 Å². The first kappa shape index (κ1) is 19.5. The lowest BCUT2D eigenvalue weighted by molar-refractivity contribution is -0.147. The number of hydrogen-bond acceptors (Lipinski definition) is 5. The summed E-state index contributed by atoms with van der Waals surface area (Å²) in [5, 5.41) is 9.53. The Kier molecular flexibility index (Phi) is 6.61. The van der Waals surface area contributed by atoms with Crippen LogP contribution in [0.5, 0.6) is 5.75 Å². The minimum Gasteiger partial charge on any atom is -0.494 e. The molecule has 1 aromatic carbocycles. The van der Waals surface area contributed by atoms with Crippen LogP contribution >= 0.6 is 24.0 Å². The van der Waals surface area contributed by atoms with E-state index in [0.29, 0.717) is 17.9 Å². The van der Waals surface area contributed by atoms with Gasteiger partial charge >= 0.3 is 5.97 Å². The van der Waals surface area contributed by atoms with Gasteiger partial charge in [0.25, 0.3) is 5.91 Å². The number of thioether (sulfide) groups is 1. The number of thiocarbonyl (C=S) groups is 1. The molecule has 0 radical (unpaired) electrons. The average molecular weight is 380 g/mol. The van der Waals surface area contributed by atoms with Crippen molar-refractivity contribution in [3.05, 3.63) is 34.7 Å². The van der Waals surface area contributed by atoms with Crippen LogP contribution < -0.4 is 4.74 Å². The lowest BCUT2D eigenvalue weighted by atomic mass is 9.98. The fourth-order valence-electron chi connectivity index (χ4n) is 2.53. The molecule has 0 unspecified atom stereocenters. The maximum atomic E-state index is 12.7. The summed E-state index contributed by atoms with van der Waals surface area (Å²) in [7, 11) is 0. The van der Waals surface area contributed by atoms with Gasteiger partial charge in [-0.2, -0.15) is 0 Å². The van der Waals surface area contributed by atoms with Gasteiger partial charge in [0, 0.05) is 0 Å². The van der Waals surface area contributed by atoms with Gasteiger partial charge in [0.2, 0.25) is 0 Å². The van der Waals surface area contributed by atoms with Gasteiger partial charge in [-0.05, 0) is 36.6 Å². The number of aliphatic carboxylic acids is 1. The van der Waals surface area contributed by atoms with Gasteiger partial charge in [0.05, 0.1) is 11.5 Å². The highest BCUT2D eigenvalue weighted by molar-refractivity contribution is 8.26. The van der Waals surface area contributed by atoms with Crippen molar-refractivity contribution in [2.24, 2.45) is 5.92 Å². The van der Waals surface area contributed by atoms with Gasteiger partial charge in [-0.25, -0.2) is 4.79 Å². The van der Waals surface area contributed by atoms with Crippen LogP contribution in [0.1, 0.15) is 32.8 Å². The van der Waals surface area contributed by atoms with Gasteiger partial charge in [-0.1, -0.05) is 56.4 Å². The fourth-order valence-corrected chi connectivity index (χ4v) is 3.86. The van der Waals surface area contributed by atoms with Crippen molar-refractivity contribution in [2.45, 2.75) is 33.2 Å². The van der Waals surface area contributed by atoms with Gasteiger partial charge in [0.1, 0.15) is 16.1 Å². The Morgan fingerprint density at radius 1 is 1.36 bits per heavy atom. The predicted molar refractivity (Wildman–Crippen MR) is 104 cm³/mol. The van der Waals surface area contributed by atoms with Crippen molar-refractivity contribution in [3.8, 4) is 5.75 Å². The minimum absolute atomic E-state index is 0.190. The summed E-state index contributed by atoms with van der Waals surface area (Å²) in [6, 6.07) is 6.41.